The molecule has 0 aliphatic heterocycles. The molecule has 2 rings (SSSR count). The molecule has 2 aliphatic rings. The first-order valence-electron chi connectivity index (χ1n) is 7.66. The Morgan fingerprint density at radius 1 is 0.941 bits per heavy atom. The van der Waals surface area contributed by atoms with Gasteiger partial charge in [-0.25, -0.2) is 0 Å². The van der Waals surface area contributed by atoms with Gasteiger partial charge in [0.2, 0.25) is 0 Å². The lowest BCUT2D eigenvalue weighted by Crippen LogP contribution is -2.47. The minimum Gasteiger partial charge on any atom is -0.329 e. The van der Waals surface area contributed by atoms with E-state index in [9.17, 15) is 0 Å². The minimum atomic E-state index is 0.820. The quantitative estimate of drug-likeness (QED) is 0.816. The zero-order chi connectivity index (χ0) is 12.3. The zero-order valence-electron chi connectivity index (χ0n) is 11.7. The van der Waals surface area contributed by atoms with Gasteiger partial charge < -0.3 is 5.73 Å². The molecule has 17 heavy (non-hydrogen) atoms. The van der Waals surface area contributed by atoms with E-state index in [2.05, 4.69) is 18.7 Å². The number of hydrogen-bond acceptors (Lipinski definition) is 2. The van der Waals surface area contributed by atoms with Crippen molar-refractivity contribution in [3.8, 4) is 0 Å². The van der Waals surface area contributed by atoms with Crippen LogP contribution in [0.1, 0.15) is 58.8 Å². The lowest BCUT2D eigenvalue weighted by atomic mass is 9.79. The SMILES string of the molecule is CC1CC(C)CC(N(CCN)C2CCCC2)C1. The second-order valence-corrected chi connectivity index (χ2v) is 6.54. The Kier molecular flexibility index (Phi) is 4.87. The van der Waals surface area contributed by atoms with Crippen LogP contribution in [0.4, 0.5) is 0 Å². The summed E-state index contributed by atoms with van der Waals surface area (Å²) in [5, 5.41) is 0. The molecule has 2 saturated carbocycles. The highest BCUT2D eigenvalue weighted by molar-refractivity contribution is 4.87. The van der Waals surface area contributed by atoms with Crippen molar-refractivity contribution in [2.45, 2.75) is 70.9 Å². The van der Waals surface area contributed by atoms with Gasteiger partial charge in [-0.15, -0.1) is 0 Å². The Hall–Kier alpha value is -0.0800. The van der Waals surface area contributed by atoms with Crippen molar-refractivity contribution in [3.05, 3.63) is 0 Å². The molecule has 2 nitrogen and oxygen atoms in total. The van der Waals surface area contributed by atoms with E-state index in [1.807, 2.05) is 0 Å². The van der Waals surface area contributed by atoms with Crippen LogP contribution in [0.5, 0.6) is 0 Å². The fourth-order valence-corrected chi connectivity index (χ4v) is 4.22. The lowest BCUT2D eigenvalue weighted by Gasteiger charge is -2.42. The second kappa shape index (κ2) is 6.19. The molecule has 0 saturated heterocycles. The van der Waals surface area contributed by atoms with Gasteiger partial charge in [-0.2, -0.15) is 0 Å². The molecule has 0 amide bonds. The number of hydrogen-bond donors (Lipinski definition) is 1. The van der Waals surface area contributed by atoms with Crippen molar-refractivity contribution >= 4 is 0 Å². The molecule has 2 atom stereocenters. The molecular formula is C15H30N2. The van der Waals surface area contributed by atoms with Crippen LogP contribution < -0.4 is 5.73 Å². The number of nitrogens with zero attached hydrogens (tertiary/aromatic N) is 1. The van der Waals surface area contributed by atoms with Gasteiger partial charge in [-0.3, -0.25) is 4.90 Å². The Balaban J connectivity index is 1.98. The van der Waals surface area contributed by atoms with Gasteiger partial charge in [0, 0.05) is 25.2 Å². The van der Waals surface area contributed by atoms with E-state index in [1.165, 1.54) is 44.9 Å². The van der Waals surface area contributed by atoms with E-state index < -0.39 is 0 Å². The van der Waals surface area contributed by atoms with E-state index in [4.69, 9.17) is 5.73 Å². The summed E-state index contributed by atoms with van der Waals surface area (Å²) in [6.45, 7) is 6.81. The highest BCUT2D eigenvalue weighted by Gasteiger charge is 2.32. The van der Waals surface area contributed by atoms with Gasteiger partial charge in [0.15, 0.2) is 0 Å². The predicted molar refractivity (Wildman–Crippen MR) is 74.0 cm³/mol. The predicted octanol–water partition coefficient (Wildman–Crippen LogP) is 3.01. The average Bonchev–Trinajstić information content (AvgIpc) is 2.77. The Labute approximate surface area is 107 Å². The summed E-state index contributed by atoms with van der Waals surface area (Å²) in [5.41, 5.74) is 5.83. The first-order valence-corrected chi connectivity index (χ1v) is 7.66. The molecule has 100 valence electrons. The average molecular weight is 238 g/mol. The van der Waals surface area contributed by atoms with Gasteiger partial charge in [0.05, 0.1) is 0 Å². The molecule has 0 aromatic carbocycles. The topological polar surface area (TPSA) is 29.3 Å². The molecular weight excluding hydrogens is 208 g/mol. The highest BCUT2D eigenvalue weighted by Crippen LogP contribution is 2.35. The maximum atomic E-state index is 5.83. The van der Waals surface area contributed by atoms with Crippen molar-refractivity contribution in [1.82, 2.24) is 4.90 Å². The van der Waals surface area contributed by atoms with Crippen LogP contribution in [-0.2, 0) is 0 Å². The smallest absolute Gasteiger partial charge is 0.0110 e. The summed E-state index contributed by atoms with van der Waals surface area (Å²) in [7, 11) is 0. The highest BCUT2D eigenvalue weighted by atomic mass is 15.2. The molecule has 0 bridgehead atoms. The third-order valence-corrected chi connectivity index (χ3v) is 4.80. The third kappa shape index (κ3) is 3.45. The molecule has 0 aromatic heterocycles. The summed E-state index contributed by atoms with van der Waals surface area (Å²) in [6.07, 6.45) is 9.94. The van der Waals surface area contributed by atoms with Crippen LogP contribution in [0.15, 0.2) is 0 Å². The maximum absolute atomic E-state index is 5.83. The second-order valence-electron chi connectivity index (χ2n) is 6.54. The first kappa shape index (κ1) is 13.4. The van der Waals surface area contributed by atoms with Crippen LogP contribution in [0.2, 0.25) is 0 Å². The van der Waals surface area contributed by atoms with Crippen LogP contribution in [0.25, 0.3) is 0 Å². The monoisotopic (exact) mass is 238 g/mol. The Bertz CT molecular complexity index is 213. The summed E-state index contributed by atoms with van der Waals surface area (Å²) in [6, 6.07) is 1.67. The van der Waals surface area contributed by atoms with Gasteiger partial charge >= 0.3 is 0 Å². The van der Waals surface area contributed by atoms with E-state index >= 15 is 0 Å². The summed E-state index contributed by atoms with van der Waals surface area (Å²) < 4.78 is 0. The summed E-state index contributed by atoms with van der Waals surface area (Å²) in [4.78, 5) is 2.78. The van der Waals surface area contributed by atoms with E-state index in [1.54, 1.807) is 0 Å². The molecule has 2 fully saturated rings. The Morgan fingerprint density at radius 3 is 2.06 bits per heavy atom. The van der Waals surface area contributed by atoms with Gasteiger partial charge in [0.25, 0.3) is 0 Å². The molecule has 0 spiro atoms. The summed E-state index contributed by atoms with van der Waals surface area (Å²) >= 11 is 0. The van der Waals surface area contributed by atoms with Crippen LogP contribution in [0.3, 0.4) is 0 Å². The van der Waals surface area contributed by atoms with Crippen molar-refractivity contribution in [2.75, 3.05) is 13.1 Å². The third-order valence-electron chi connectivity index (χ3n) is 4.80. The standard InChI is InChI=1S/C15H30N2/c1-12-9-13(2)11-15(10-12)17(8-7-16)14-5-3-4-6-14/h12-15H,3-11,16H2,1-2H3. The van der Waals surface area contributed by atoms with Gasteiger partial charge in [-0.05, 0) is 43.9 Å². The van der Waals surface area contributed by atoms with Crippen LogP contribution >= 0.6 is 0 Å². The van der Waals surface area contributed by atoms with E-state index in [0.717, 1.165) is 37.0 Å². The van der Waals surface area contributed by atoms with E-state index in [0.29, 0.717) is 0 Å². The van der Waals surface area contributed by atoms with Crippen molar-refractivity contribution < 1.29 is 0 Å². The fraction of sp³-hybridized carbons (Fsp3) is 1.00. The van der Waals surface area contributed by atoms with Crippen molar-refractivity contribution in [3.63, 3.8) is 0 Å². The summed E-state index contributed by atoms with van der Waals surface area (Å²) in [5.74, 6) is 1.82. The van der Waals surface area contributed by atoms with Gasteiger partial charge in [-0.1, -0.05) is 26.7 Å². The molecule has 2 aliphatic carbocycles. The largest absolute Gasteiger partial charge is 0.329 e. The molecule has 0 aromatic rings. The minimum absolute atomic E-state index is 0.820. The van der Waals surface area contributed by atoms with Crippen LogP contribution in [0, 0.1) is 11.8 Å². The lowest BCUT2D eigenvalue weighted by molar-refractivity contribution is 0.0750. The molecule has 2 heteroatoms. The van der Waals surface area contributed by atoms with E-state index in [-0.39, 0.29) is 0 Å². The normalized spacial score (nSPS) is 35.6. The molecule has 2 N–H and O–H groups in total. The first-order chi connectivity index (χ1) is 8.20. The Morgan fingerprint density at radius 2 is 1.53 bits per heavy atom. The van der Waals surface area contributed by atoms with Crippen molar-refractivity contribution in [1.29, 1.82) is 0 Å². The number of nitrogens with two attached hydrogens (primary N) is 1. The fourth-order valence-electron chi connectivity index (χ4n) is 4.22. The maximum Gasteiger partial charge on any atom is 0.0110 e. The van der Waals surface area contributed by atoms with Crippen LogP contribution in [-0.4, -0.2) is 30.1 Å². The molecule has 2 unspecified atom stereocenters. The zero-order valence-corrected chi connectivity index (χ0v) is 11.7. The van der Waals surface area contributed by atoms with Gasteiger partial charge in [0.1, 0.15) is 0 Å². The van der Waals surface area contributed by atoms with Crippen molar-refractivity contribution in [2.24, 2.45) is 17.6 Å². The number of rotatable bonds is 4. The molecule has 0 heterocycles. The molecule has 0 radical (unpaired) electrons.